The van der Waals surface area contributed by atoms with Gasteiger partial charge in [0.2, 0.25) is 0 Å². The summed E-state index contributed by atoms with van der Waals surface area (Å²) in [5.41, 5.74) is 2.61. The third-order valence-corrected chi connectivity index (χ3v) is 5.02. The summed E-state index contributed by atoms with van der Waals surface area (Å²) >= 11 is 11.9. The Morgan fingerprint density at radius 2 is 1.41 bits per heavy atom. The van der Waals surface area contributed by atoms with Gasteiger partial charge in [-0.25, -0.2) is 0 Å². The minimum Gasteiger partial charge on any atom is -0.277 e. The van der Waals surface area contributed by atoms with E-state index < -0.39 is 11.8 Å². The average molecular weight is 464 g/mol. The van der Waals surface area contributed by atoms with E-state index in [4.69, 9.17) is 23.2 Å². The molecule has 0 aliphatic carbocycles. The van der Waals surface area contributed by atoms with E-state index in [2.05, 4.69) is 20.3 Å². The molecule has 158 valence electrons. The first-order valence-electron chi connectivity index (χ1n) is 9.40. The predicted octanol–water partition coefficient (Wildman–Crippen LogP) is 5.10. The highest BCUT2D eigenvalue weighted by Crippen LogP contribution is 2.22. The van der Waals surface area contributed by atoms with Gasteiger partial charge in [-0.1, -0.05) is 35.3 Å². The van der Waals surface area contributed by atoms with Gasteiger partial charge in [-0.15, -0.1) is 0 Å². The van der Waals surface area contributed by atoms with Gasteiger partial charge in [-0.3, -0.25) is 19.7 Å². The Balaban J connectivity index is 1.70. The maximum absolute atomic E-state index is 13.1. The molecule has 32 heavy (non-hydrogen) atoms. The molecule has 0 radical (unpaired) electrons. The Hall–Kier alpha value is -3.81. The van der Waals surface area contributed by atoms with Crippen molar-refractivity contribution < 1.29 is 9.59 Å². The lowest BCUT2D eigenvalue weighted by Gasteiger charge is -2.15. The number of hydrazone groups is 1. The van der Waals surface area contributed by atoms with Crippen molar-refractivity contribution >= 4 is 41.2 Å². The van der Waals surface area contributed by atoms with Gasteiger partial charge in [0.05, 0.1) is 18.1 Å². The van der Waals surface area contributed by atoms with E-state index in [1.165, 1.54) is 42.9 Å². The zero-order valence-electron chi connectivity index (χ0n) is 16.4. The lowest BCUT2D eigenvalue weighted by atomic mass is 10.1. The van der Waals surface area contributed by atoms with Gasteiger partial charge in [0.1, 0.15) is 0 Å². The average Bonchev–Trinajstić information content (AvgIpc) is 3.29. The topological polar surface area (TPSA) is 91.3 Å². The van der Waals surface area contributed by atoms with E-state index in [-0.39, 0.29) is 11.1 Å². The maximum Gasteiger partial charge on any atom is 0.281 e. The van der Waals surface area contributed by atoms with E-state index in [0.717, 1.165) is 10.6 Å². The summed E-state index contributed by atoms with van der Waals surface area (Å²) in [7, 11) is 0. The Kier molecular flexibility index (Phi) is 6.39. The monoisotopic (exact) mass is 463 g/mol. The van der Waals surface area contributed by atoms with Crippen LogP contribution in [0, 0.1) is 0 Å². The summed E-state index contributed by atoms with van der Waals surface area (Å²) in [5, 5.41) is 13.0. The second kappa shape index (κ2) is 9.55. The molecule has 2 aromatic carbocycles. The van der Waals surface area contributed by atoms with Gasteiger partial charge in [0.25, 0.3) is 11.8 Å². The number of halogens is 2. The van der Waals surface area contributed by atoms with Crippen molar-refractivity contribution in [2.24, 2.45) is 5.10 Å². The number of hydrogen-bond acceptors (Lipinski definition) is 5. The molecule has 0 unspecified atom stereocenters. The SMILES string of the molecule is O=C(c1ccncc1)N(N=Cc1cn[nH]c1-c1ccc(Cl)cc1)C(=O)c1ccc(Cl)cc1. The molecule has 0 bridgehead atoms. The van der Waals surface area contributed by atoms with Crippen LogP contribution in [0.5, 0.6) is 0 Å². The number of benzene rings is 2. The predicted molar refractivity (Wildman–Crippen MR) is 123 cm³/mol. The van der Waals surface area contributed by atoms with Crippen molar-refractivity contribution in [3.63, 3.8) is 0 Å². The molecule has 4 aromatic rings. The van der Waals surface area contributed by atoms with E-state index in [1.807, 2.05) is 12.1 Å². The molecule has 4 rings (SSSR count). The van der Waals surface area contributed by atoms with E-state index in [0.29, 0.717) is 21.3 Å². The zero-order chi connectivity index (χ0) is 22.5. The van der Waals surface area contributed by atoms with Crippen LogP contribution in [-0.2, 0) is 0 Å². The van der Waals surface area contributed by atoms with Crippen molar-refractivity contribution in [2.75, 3.05) is 0 Å². The quantitative estimate of drug-likeness (QED) is 0.253. The fourth-order valence-corrected chi connectivity index (χ4v) is 3.14. The largest absolute Gasteiger partial charge is 0.281 e. The van der Waals surface area contributed by atoms with Crippen LogP contribution in [0.3, 0.4) is 0 Å². The summed E-state index contributed by atoms with van der Waals surface area (Å²) in [6.45, 7) is 0. The van der Waals surface area contributed by atoms with Gasteiger partial charge >= 0.3 is 0 Å². The van der Waals surface area contributed by atoms with Crippen LogP contribution in [0.2, 0.25) is 10.0 Å². The molecule has 9 heteroatoms. The first-order valence-corrected chi connectivity index (χ1v) is 10.2. The number of imide groups is 1. The van der Waals surface area contributed by atoms with Gasteiger partial charge < -0.3 is 0 Å². The first-order chi connectivity index (χ1) is 15.5. The van der Waals surface area contributed by atoms with Gasteiger partial charge in [-0.05, 0) is 48.5 Å². The number of hydrogen-bond donors (Lipinski definition) is 1. The molecule has 0 saturated carbocycles. The molecule has 0 atom stereocenters. The molecule has 0 saturated heterocycles. The fraction of sp³-hybridized carbons (Fsp3) is 0. The Bertz CT molecular complexity index is 1270. The highest BCUT2D eigenvalue weighted by atomic mass is 35.5. The van der Waals surface area contributed by atoms with Crippen LogP contribution in [0.15, 0.2) is 84.4 Å². The number of carbonyl (C=O) groups is 2. The summed E-state index contributed by atoms with van der Waals surface area (Å²) in [6.07, 6.45) is 5.89. The number of H-pyrrole nitrogens is 1. The Morgan fingerprint density at radius 3 is 2.03 bits per heavy atom. The minimum atomic E-state index is -0.601. The zero-order valence-corrected chi connectivity index (χ0v) is 18.0. The molecular weight excluding hydrogens is 449 g/mol. The Morgan fingerprint density at radius 1 is 0.844 bits per heavy atom. The third kappa shape index (κ3) is 4.74. The minimum absolute atomic E-state index is 0.263. The molecule has 1 N–H and O–H groups in total. The lowest BCUT2D eigenvalue weighted by Crippen LogP contribution is -2.32. The van der Waals surface area contributed by atoms with Gasteiger partial charge in [0.15, 0.2) is 0 Å². The summed E-state index contributed by atoms with van der Waals surface area (Å²) < 4.78 is 0. The van der Waals surface area contributed by atoms with E-state index in [1.54, 1.807) is 30.5 Å². The fourth-order valence-electron chi connectivity index (χ4n) is 2.89. The van der Waals surface area contributed by atoms with Crippen LogP contribution >= 0.6 is 23.2 Å². The Labute approximate surface area is 193 Å². The highest BCUT2D eigenvalue weighted by molar-refractivity contribution is 6.31. The molecule has 2 amide bonds. The number of nitrogens with one attached hydrogen (secondary N) is 1. The molecule has 0 spiro atoms. The molecular formula is C23H15Cl2N5O2. The van der Waals surface area contributed by atoms with E-state index in [9.17, 15) is 9.59 Å². The molecule has 7 nitrogen and oxygen atoms in total. The molecule has 2 heterocycles. The number of aromatic nitrogens is 3. The lowest BCUT2D eigenvalue weighted by molar-refractivity contribution is 0.0622. The second-order valence-corrected chi connectivity index (χ2v) is 7.49. The van der Waals surface area contributed by atoms with Crippen molar-refractivity contribution in [3.05, 3.63) is 106 Å². The smallest absolute Gasteiger partial charge is 0.277 e. The molecule has 0 aliphatic rings. The number of carbonyl (C=O) groups excluding carboxylic acids is 2. The first kappa shape index (κ1) is 21.4. The van der Waals surface area contributed by atoms with Crippen LogP contribution in [-0.4, -0.2) is 38.2 Å². The number of aromatic amines is 1. The summed E-state index contributed by atoms with van der Waals surface area (Å²) in [5.74, 6) is -1.20. The number of rotatable bonds is 5. The van der Waals surface area contributed by atoms with Crippen molar-refractivity contribution in [1.29, 1.82) is 0 Å². The molecule has 0 aliphatic heterocycles. The summed E-state index contributed by atoms with van der Waals surface area (Å²) in [6, 6.07) is 16.4. The van der Waals surface area contributed by atoms with Crippen molar-refractivity contribution in [3.8, 4) is 11.3 Å². The third-order valence-electron chi connectivity index (χ3n) is 4.52. The highest BCUT2D eigenvalue weighted by Gasteiger charge is 2.24. The van der Waals surface area contributed by atoms with Crippen LogP contribution in [0.1, 0.15) is 26.3 Å². The normalized spacial score (nSPS) is 10.9. The van der Waals surface area contributed by atoms with Crippen LogP contribution in [0.4, 0.5) is 0 Å². The van der Waals surface area contributed by atoms with Crippen LogP contribution in [0.25, 0.3) is 11.3 Å². The molecule has 0 fully saturated rings. The maximum atomic E-state index is 13.1. The molecule has 2 aromatic heterocycles. The van der Waals surface area contributed by atoms with Crippen molar-refractivity contribution in [1.82, 2.24) is 20.2 Å². The van der Waals surface area contributed by atoms with Gasteiger partial charge in [0, 0.05) is 44.7 Å². The number of nitrogens with zero attached hydrogens (tertiary/aromatic N) is 4. The number of pyridine rings is 1. The number of amides is 2. The van der Waals surface area contributed by atoms with E-state index >= 15 is 0 Å². The second-order valence-electron chi connectivity index (χ2n) is 6.62. The van der Waals surface area contributed by atoms with Gasteiger partial charge in [-0.2, -0.15) is 15.2 Å². The standard InChI is InChI=1S/C23H15Cl2N5O2/c24-19-5-1-15(2-6-19)21-18(13-27-29-21)14-28-30(23(32)17-9-11-26-12-10-17)22(31)16-3-7-20(25)8-4-16/h1-14H,(H,27,29). The summed E-state index contributed by atoms with van der Waals surface area (Å²) in [4.78, 5) is 30.1. The van der Waals surface area contributed by atoms with Crippen molar-refractivity contribution in [2.45, 2.75) is 0 Å². The van der Waals surface area contributed by atoms with Crippen LogP contribution < -0.4 is 0 Å².